The molecule has 106 valence electrons. The van der Waals surface area contributed by atoms with Crippen LogP contribution in [0.2, 0.25) is 0 Å². The van der Waals surface area contributed by atoms with Crippen LogP contribution in [-0.4, -0.2) is 23.0 Å². The molecule has 0 saturated heterocycles. The summed E-state index contributed by atoms with van der Waals surface area (Å²) >= 11 is 0. The molecule has 0 aromatic heterocycles. The zero-order chi connectivity index (χ0) is 15.3. The summed E-state index contributed by atoms with van der Waals surface area (Å²) in [6, 6.07) is 4.33. The monoisotopic (exact) mass is 278 g/mol. The smallest absolute Gasteiger partial charge is 0.328 e. The summed E-state index contributed by atoms with van der Waals surface area (Å²) in [6.45, 7) is 4.04. The molecule has 0 bridgehead atoms. The van der Waals surface area contributed by atoms with Crippen molar-refractivity contribution in [1.29, 1.82) is 0 Å². The molecule has 0 aliphatic rings. The van der Waals surface area contributed by atoms with Gasteiger partial charge in [0.05, 0.1) is 0 Å². The van der Waals surface area contributed by atoms with Gasteiger partial charge in [-0.1, -0.05) is 0 Å². The number of ether oxygens (including phenoxy) is 2. The summed E-state index contributed by atoms with van der Waals surface area (Å²) in [5, 5.41) is 8.76. The molecule has 6 nitrogen and oxygen atoms in total. The molecule has 1 aromatic carbocycles. The van der Waals surface area contributed by atoms with Gasteiger partial charge >= 0.3 is 17.9 Å². The topological polar surface area (TPSA) is 89.9 Å². The van der Waals surface area contributed by atoms with Crippen LogP contribution in [0, 0.1) is 0 Å². The molecule has 20 heavy (non-hydrogen) atoms. The third kappa shape index (κ3) is 4.56. The Bertz CT molecular complexity index is 585. The van der Waals surface area contributed by atoms with Crippen molar-refractivity contribution in [2.45, 2.75) is 20.8 Å². The molecule has 1 rings (SSSR count). The maximum Gasteiger partial charge on any atom is 0.328 e. The van der Waals surface area contributed by atoms with Crippen LogP contribution in [0.25, 0.3) is 5.57 Å². The van der Waals surface area contributed by atoms with Gasteiger partial charge in [-0.2, -0.15) is 0 Å². The van der Waals surface area contributed by atoms with Gasteiger partial charge in [0, 0.05) is 25.5 Å². The Kier molecular flexibility index (Phi) is 5.02. The Morgan fingerprint density at radius 1 is 1.05 bits per heavy atom. The van der Waals surface area contributed by atoms with E-state index in [9.17, 15) is 14.4 Å². The lowest BCUT2D eigenvalue weighted by Gasteiger charge is -2.11. The van der Waals surface area contributed by atoms with E-state index in [4.69, 9.17) is 14.6 Å². The van der Waals surface area contributed by atoms with Gasteiger partial charge in [0.25, 0.3) is 0 Å². The number of aliphatic carboxylic acids is 1. The molecule has 0 aliphatic carbocycles. The quantitative estimate of drug-likeness (QED) is 0.515. The molecule has 0 amide bonds. The van der Waals surface area contributed by atoms with Crippen LogP contribution in [-0.2, 0) is 14.4 Å². The molecule has 0 aliphatic heterocycles. The highest BCUT2D eigenvalue weighted by Gasteiger charge is 2.12. The lowest BCUT2D eigenvalue weighted by atomic mass is 10.1. The molecule has 0 spiro atoms. The molecule has 0 atom stereocenters. The first-order valence-electron chi connectivity index (χ1n) is 5.72. The number of allylic oxidation sites excluding steroid dienone is 1. The first kappa shape index (κ1) is 15.4. The standard InChI is InChI=1S/C14H14O6/c1-8(6-14(17)18)12-7-11(19-9(2)15)4-5-13(12)20-10(3)16/h4-7H,1-3H3,(H,17,18). The van der Waals surface area contributed by atoms with Crippen molar-refractivity contribution in [1.82, 2.24) is 0 Å². The second-order valence-electron chi connectivity index (χ2n) is 4.01. The third-order valence-electron chi connectivity index (χ3n) is 2.23. The van der Waals surface area contributed by atoms with Gasteiger partial charge in [-0.05, 0) is 30.7 Å². The zero-order valence-electron chi connectivity index (χ0n) is 11.3. The second kappa shape index (κ2) is 6.51. The highest BCUT2D eigenvalue weighted by molar-refractivity contribution is 5.91. The van der Waals surface area contributed by atoms with Crippen molar-refractivity contribution in [3.63, 3.8) is 0 Å². The highest BCUT2D eigenvalue weighted by Crippen LogP contribution is 2.30. The number of esters is 2. The van der Waals surface area contributed by atoms with Crippen LogP contribution < -0.4 is 9.47 Å². The normalized spacial score (nSPS) is 10.8. The number of carboxylic acid groups (broad SMARTS) is 1. The predicted molar refractivity (Wildman–Crippen MR) is 70.3 cm³/mol. The third-order valence-corrected chi connectivity index (χ3v) is 2.23. The zero-order valence-corrected chi connectivity index (χ0v) is 11.3. The molecule has 0 heterocycles. The van der Waals surface area contributed by atoms with Gasteiger partial charge in [0.15, 0.2) is 0 Å². The molecule has 0 radical (unpaired) electrons. The fourth-order valence-electron chi connectivity index (χ4n) is 1.55. The van der Waals surface area contributed by atoms with Crippen LogP contribution in [0.1, 0.15) is 26.3 Å². The Labute approximate surface area is 115 Å². The van der Waals surface area contributed by atoms with Gasteiger partial charge in [-0.3, -0.25) is 9.59 Å². The average Bonchev–Trinajstić information content (AvgIpc) is 2.28. The largest absolute Gasteiger partial charge is 0.478 e. The van der Waals surface area contributed by atoms with Crippen LogP contribution in [0.4, 0.5) is 0 Å². The van der Waals surface area contributed by atoms with E-state index in [1.54, 1.807) is 6.92 Å². The Morgan fingerprint density at radius 2 is 1.65 bits per heavy atom. The van der Waals surface area contributed by atoms with E-state index in [-0.39, 0.29) is 11.5 Å². The Morgan fingerprint density at radius 3 is 2.15 bits per heavy atom. The number of hydrogen-bond donors (Lipinski definition) is 1. The summed E-state index contributed by atoms with van der Waals surface area (Å²) in [7, 11) is 0. The number of benzene rings is 1. The van der Waals surface area contributed by atoms with Gasteiger partial charge in [0.2, 0.25) is 0 Å². The maximum absolute atomic E-state index is 11.0. The molecule has 0 fully saturated rings. The molecule has 0 unspecified atom stereocenters. The summed E-state index contributed by atoms with van der Waals surface area (Å²) in [5.74, 6) is -1.73. The van der Waals surface area contributed by atoms with E-state index in [1.807, 2.05) is 0 Å². The van der Waals surface area contributed by atoms with E-state index in [1.165, 1.54) is 32.0 Å². The second-order valence-corrected chi connectivity index (χ2v) is 4.01. The first-order valence-corrected chi connectivity index (χ1v) is 5.72. The van der Waals surface area contributed by atoms with Crippen molar-refractivity contribution in [2.75, 3.05) is 0 Å². The lowest BCUT2D eigenvalue weighted by molar-refractivity contribution is -0.133. The van der Waals surface area contributed by atoms with Gasteiger partial charge in [0.1, 0.15) is 11.5 Å². The summed E-state index contributed by atoms with van der Waals surface area (Å²) in [5.41, 5.74) is 0.726. The van der Waals surface area contributed by atoms with Crippen LogP contribution in [0.15, 0.2) is 24.3 Å². The molecular weight excluding hydrogens is 264 g/mol. The van der Waals surface area contributed by atoms with Crippen molar-refractivity contribution < 1.29 is 29.0 Å². The first-order chi connectivity index (χ1) is 9.29. The summed E-state index contributed by atoms with van der Waals surface area (Å²) in [4.78, 5) is 32.7. The maximum atomic E-state index is 11.0. The minimum atomic E-state index is -1.13. The van der Waals surface area contributed by atoms with Gasteiger partial charge < -0.3 is 14.6 Å². The highest BCUT2D eigenvalue weighted by atomic mass is 16.5. The minimum Gasteiger partial charge on any atom is -0.478 e. The minimum absolute atomic E-state index is 0.198. The van der Waals surface area contributed by atoms with Crippen LogP contribution >= 0.6 is 0 Å². The number of rotatable bonds is 4. The van der Waals surface area contributed by atoms with Crippen LogP contribution in [0.3, 0.4) is 0 Å². The molecular formula is C14H14O6. The number of carbonyl (C=O) groups excluding carboxylic acids is 2. The van der Waals surface area contributed by atoms with E-state index in [2.05, 4.69) is 0 Å². The van der Waals surface area contributed by atoms with Crippen molar-refractivity contribution in [2.24, 2.45) is 0 Å². The fourth-order valence-corrected chi connectivity index (χ4v) is 1.55. The van der Waals surface area contributed by atoms with Crippen molar-refractivity contribution >= 4 is 23.5 Å². The Balaban J connectivity index is 3.28. The van der Waals surface area contributed by atoms with E-state index >= 15 is 0 Å². The number of carboxylic acids is 1. The fraction of sp³-hybridized carbons (Fsp3) is 0.214. The summed E-state index contributed by atoms with van der Waals surface area (Å²) in [6.07, 6.45) is 0.972. The SMILES string of the molecule is CC(=O)Oc1ccc(OC(C)=O)c(C(C)=CC(=O)O)c1. The van der Waals surface area contributed by atoms with Crippen molar-refractivity contribution in [3.8, 4) is 11.5 Å². The number of hydrogen-bond acceptors (Lipinski definition) is 5. The van der Waals surface area contributed by atoms with Gasteiger partial charge in [-0.25, -0.2) is 4.79 Å². The average molecular weight is 278 g/mol. The van der Waals surface area contributed by atoms with E-state index < -0.39 is 17.9 Å². The van der Waals surface area contributed by atoms with Crippen LogP contribution in [0.5, 0.6) is 11.5 Å². The molecule has 1 N–H and O–H groups in total. The summed E-state index contributed by atoms with van der Waals surface area (Å²) < 4.78 is 9.91. The van der Waals surface area contributed by atoms with E-state index in [0.717, 1.165) is 6.08 Å². The molecule has 6 heteroatoms. The predicted octanol–water partition coefficient (Wildman–Crippen LogP) is 2.03. The van der Waals surface area contributed by atoms with E-state index in [0.29, 0.717) is 11.1 Å². The lowest BCUT2D eigenvalue weighted by Crippen LogP contribution is -2.06. The number of carbonyl (C=O) groups is 3. The van der Waals surface area contributed by atoms with Crippen molar-refractivity contribution in [3.05, 3.63) is 29.8 Å². The van der Waals surface area contributed by atoms with Gasteiger partial charge in [-0.15, -0.1) is 0 Å². The molecule has 1 aromatic rings. The molecule has 0 saturated carbocycles. The Hall–Kier alpha value is -2.63.